The zero-order valence-corrected chi connectivity index (χ0v) is 16.6. The van der Waals surface area contributed by atoms with Crippen molar-refractivity contribution in [3.63, 3.8) is 0 Å². The van der Waals surface area contributed by atoms with Crippen LogP contribution in [0.4, 0.5) is 5.69 Å². The molecule has 8 heteroatoms. The molecular weight excluding hydrogens is 395 g/mol. The van der Waals surface area contributed by atoms with E-state index in [4.69, 9.17) is 27.9 Å². The number of carbonyl (C=O) groups excluding carboxylic acids is 2. The van der Waals surface area contributed by atoms with Crippen molar-refractivity contribution in [2.45, 2.75) is 4.90 Å². The van der Waals surface area contributed by atoms with Crippen molar-refractivity contribution >= 4 is 52.5 Å². The van der Waals surface area contributed by atoms with Crippen LogP contribution in [0, 0.1) is 0 Å². The molecule has 0 aromatic heterocycles. The first kappa shape index (κ1) is 20.4. The molecule has 2 aromatic rings. The summed E-state index contributed by atoms with van der Waals surface area (Å²) in [5.41, 5.74) is 0.636. The third-order valence-electron chi connectivity index (χ3n) is 3.42. The van der Waals surface area contributed by atoms with Crippen molar-refractivity contribution in [2.75, 3.05) is 31.8 Å². The zero-order chi connectivity index (χ0) is 19.1. The molecule has 2 rings (SSSR count). The molecule has 0 unspecified atom stereocenters. The smallest absolute Gasteiger partial charge is 0.243 e. The van der Waals surface area contributed by atoms with Gasteiger partial charge in [0.15, 0.2) is 0 Å². The van der Waals surface area contributed by atoms with Gasteiger partial charge in [0.2, 0.25) is 11.8 Å². The normalized spacial score (nSPS) is 10.3. The van der Waals surface area contributed by atoms with Crippen molar-refractivity contribution in [3.8, 4) is 5.75 Å². The maximum Gasteiger partial charge on any atom is 0.243 e. The van der Waals surface area contributed by atoms with Crippen molar-refractivity contribution in [1.29, 1.82) is 0 Å². The van der Waals surface area contributed by atoms with Crippen LogP contribution in [-0.2, 0) is 9.59 Å². The molecule has 0 atom stereocenters. The van der Waals surface area contributed by atoms with Crippen LogP contribution in [0.3, 0.4) is 0 Å². The molecule has 0 aliphatic rings. The summed E-state index contributed by atoms with van der Waals surface area (Å²) < 4.78 is 5.06. The van der Waals surface area contributed by atoms with Gasteiger partial charge in [0.1, 0.15) is 5.75 Å². The third kappa shape index (κ3) is 6.12. The number of thioether (sulfide) groups is 1. The summed E-state index contributed by atoms with van der Waals surface area (Å²) in [6.07, 6.45) is 0. The van der Waals surface area contributed by atoms with E-state index in [-0.39, 0.29) is 24.1 Å². The second-order valence-electron chi connectivity index (χ2n) is 5.39. The highest BCUT2D eigenvalue weighted by molar-refractivity contribution is 8.00. The van der Waals surface area contributed by atoms with E-state index in [0.29, 0.717) is 21.5 Å². The largest absolute Gasteiger partial charge is 0.497 e. The summed E-state index contributed by atoms with van der Waals surface area (Å²) in [5, 5.41) is 3.82. The van der Waals surface area contributed by atoms with Crippen LogP contribution >= 0.6 is 35.0 Å². The standard InChI is InChI=1S/C18H18Cl2N2O3S/c1-22(10-17(23)21-13-4-6-14(25-2)7-5-13)18(24)11-26-16-9-12(19)3-8-15(16)20/h3-9H,10-11H2,1-2H3,(H,21,23). The van der Waals surface area contributed by atoms with Crippen LogP contribution < -0.4 is 10.1 Å². The first-order valence-corrected chi connectivity index (χ1v) is 9.39. The number of halogens is 2. The van der Waals surface area contributed by atoms with E-state index in [1.807, 2.05) is 0 Å². The number of hydrogen-bond donors (Lipinski definition) is 1. The highest BCUT2D eigenvalue weighted by atomic mass is 35.5. The van der Waals surface area contributed by atoms with Crippen molar-refractivity contribution in [3.05, 3.63) is 52.5 Å². The monoisotopic (exact) mass is 412 g/mol. The van der Waals surface area contributed by atoms with Crippen LogP contribution in [0.25, 0.3) is 0 Å². The molecule has 2 amide bonds. The van der Waals surface area contributed by atoms with E-state index in [2.05, 4.69) is 5.32 Å². The van der Waals surface area contributed by atoms with E-state index < -0.39 is 0 Å². The maximum atomic E-state index is 12.2. The van der Waals surface area contributed by atoms with Gasteiger partial charge in [-0.15, -0.1) is 11.8 Å². The Morgan fingerprint density at radius 1 is 1.15 bits per heavy atom. The number of carbonyl (C=O) groups is 2. The number of hydrogen-bond acceptors (Lipinski definition) is 4. The van der Waals surface area contributed by atoms with E-state index in [0.717, 1.165) is 4.90 Å². The van der Waals surface area contributed by atoms with E-state index >= 15 is 0 Å². The average molecular weight is 413 g/mol. The number of anilines is 1. The minimum atomic E-state index is -0.281. The number of amides is 2. The highest BCUT2D eigenvalue weighted by Crippen LogP contribution is 2.29. The number of rotatable bonds is 7. The molecule has 1 N–H and O–H groups in total. The molecule has 0 fully saturated rings. The Labute approximate surface area is 166 Å². The Hall–Kier alpha value is -1.89. The van der Waals surface area contributed by atoms with Gasteiger partial charge in [0, 0.05) is 22.7 Å². The third-order valence-corrected chi connectivity index (χ3v) is 5.14. The molecule has 0 bridgehead atoms. The molecular formula is C18H18Cl2N2O3S. The van der Waals surface area contributed by atoms with Gasteiger partial charge in [-0.05, 0) is 42.5 Å². The lowest BCUT2D eigenvalue weighted by Crippen LogP contribution is -2.35. The van der Waals surface area contributed by atoms with Gasteiger partial charge >= 0.3 is 0 Å². The summed E-state index contributed by atoms with van der Waals surface area (Å²) in [6, 6.07) is 12.0. The number of ether oxygens (including phenoxy) is 1. The number of benzene rings is 2. The molecule has 5 nitrogen and oxygen atoms in total. The molecule has 26 heavy (non-hydrogen) atoms. The SMILES string of the molecule is COc1ccc(NC(=O)CN(C)C(=O)CSc2cc(Cl)ccc2Cl)cc1. The second kappa shape index (κ2) is 9.71. The lowest BCUT2D eigenvalue weighted by atomic mass is 10.3. The van der Waals surface area contributed by atoms with Crippen LogP contribution in [0.5, 0.6) is 5.75 Å². The first-order chi connectivity index (χ1) is 12.4. The topological polar surface area (TPSA) is 58.6 Å². The van der Waals surface area contributed by atoms with Crippen LogP contribution in [0.15, 0.2) is 47.4 Å². The fourth-order valence-electron chi connectivity index (χ4n) is 2.02. The van der Waals surface area contributed by atoms with Crippen molar-refractivity contribution < 1.29 is 14.3 Å². The van der Waals surface area contributed by atoms with Gasteiger partial charge < -0.3 is 15.0 Å². The number of methoxy groups -OCH3 is 1. The fourth-order valence-corrected chi connectivity index (χ4v) is 3.45. The lowest BCUT2D eigenvalue weighted by molar-refractivity contribution is -0.131. The van der Waals surface area contributed by atoms with Gasteiger partial charge in [0.05, 0.1) is 24.4 Å². The van der Waals surface area contributed by atoms with Crippen LogP contribution in [-0.4, -0.2) is 43.2 Å². The molecule has 0 aliphatic heterocycles. The summed E-state index contributed by atoms with van der Waals surface area (Å²) in [5.74, 6) is 0.395. The number of nitrogens with zero attached hydrogens (tertiary/aromatic N) is 1. The Balaban J connectivity index is 1.83. The Morgan fingerprint density at radius 3 is 2.50 bits per heavy atom. The van der Waals surface area contributed by atoms with E-state index in [9.17, 15) is 9.59 Å². The Morgan fingerprint density at radius 2 is 1.85 bits per heavy atom. The van der Waals surface area contributed by atoms with E-state index in [1.54, 1.807) is 56.6 Å². The minimum Gasteiger partial charge on any atom is -0.497 e. The molecule has 0 saturated heterocycles. The molecule has 138 valence electrons. The molecule has 0 saturated carbocycles. The summed E-state index contributed by atoms with van der Waals surface area (Å²) in [4.78, 5) is 26.4. The lowest BCUT2D eigenvalue weighted by Gasteiger charge is -2.17. The summed E-state index contributed by atoms with van der Waals surface area (Å²) >= 11 is 13.3. The first-order valence-electron chi connectivity index (χ1n) is 7.64. The molecule has 0 aliphatic carbocycles. The predicted molar refractivity (Wildman–Crippen MR) is 106 cm³/mol. The summed E-state index contributed by atoms with van der Waals surface area (Å²) in [6.45, 7) is -0.0469. The van der Waals surface area contributed by atoms with Gasteiger partial charge in [-0.2, -0.15) is 0 Å². The molecule has 0 spiro atoms. The molecule has 0 radical (unpaired) electrons. The van der Waals surface area contributed by atoms with Gasteiger partial charge in [-0.3, -0.25) is 9.59 Å². The number of nitrogens with one attached hydrogen (secondary N) is 1. The van der Waals surface area contributed by atoms with E-state index in [1.165, 1.54) is 16.7 Å². The Bertz CT molecular complexity index is 785. The van der Waals surface area contributed by atoms with Crippen molar-refractivity contribution in [1.82, 2.24) is 4.90 Å². The quantitative estimate of drug-likeness (QED) is 0.692. The van der Waals surface area contributed by atoms with Gasteiger partial charge in [0.25, 0.3) is 0 Å². The minimum absolute atomic E-state index is 0.0469. The second-order valence-corrected chi connectivity index (χ2v) is 7.25. The van der Waals surface area contributed by atoms with Crippen LogP contribution in [0.1, 0.15) is 0 Å². The van der Waals surface area contributed by atoms with Gasteiger partial charge in [-0.25, -0.2) is 0 Å². The van der Waals surface area contributed by atoms with Crippen molar-refractivity contribution in [2.24, 2.45) is 0 Å². The zero-order valence-electron chi connectivity index (χ0n) is 14.3. The Kier molecular flexibility index (Phi) is 7.63. The summed E-state index contributed by atoms with van der Waals surface area (Å²) in [7, 11) is 3.15. The fraction of sp³-hybridized carbons (Fsp3) is 0.222. The predicted octanol–water partition coefficient (Wildman–Crippen LogP) is 4.19. The molecule has 2 aromatic carbocycles. The van der Waals surface area contributed by atoms with Crippen LogP contribution in [0.2, 0.25) is 10.0 Å². The highest BCUT2D eigenvalue weighted by Gasteiger charge is 2.14. The molecule has 0 heterocycles. The van der Waals surface area contributed by atoms with Gasteiger partial charge in [-0.1, -0.05) is 23.2 Å². The number of likely N-dealkylation sites (N-methyl/N-ethyl adjacent to an activating group) is 1. The average Bonchev–Trinajstić information content (AvgIpc) is 2.62. The maximum absolute atomic E-state index is 12.2.